The molecule has 0 N–H and O–H groups in total. The predicted octanol–water partition coefficient (Wildman–Crippen LogP) is 3.34. The van der Waals surface area contributed by atoms with Gasteiger partial charge in [0.05, 0.1) is 5.75 Å². The molecule has 0 aliphatic rings. The highest BCUT2D eigenvalue weighted by Gasteiger charge is 2.17. The first-order valence-electron chi connectivity index (χ1n) is 7.42. The summed E-state index contributed by atoms with van der Waals surface area (Å²) in [5.41, 5.74) is 3.30. The molecule has 2 heterocycles. The number of nitrogens with zero attached hydrogens (tertiary/aromatic N) is 4. The van der Waals surface area contributed by atoms with Crippen molar-refractivity contribution in [2.75, 3.05) is 5.75 Å². The summed E-state index contributed by atoms with van der Waals surface area (Å²) in [6.45, 7) is 3.83. The van der Waals surface area contributed by atoms with E-state index in [0.717, 1.165) is 17.1 Å². The maximum Gasteiger partial charge on any atom is 0.191 e. The number of aryl methyl sites for hydroxylation is 2. The maximum atomic E-state index is 13.1. The summed E-state index contributed by atoms with van der Waals surface area (Å²) in [6, 6.07) is 8.12. The number of benzene rings is 1. The second-order valence-corrected chi connectivity index (χ2v) is 6.48. The van der Waals surface area contributed by atoms with Gasteiger partial charge in [0.1, 0.15) is 12.1 Å². The van der Waals surface area contributed by atoms with Gasteiger partial charge in [-0.2, -0.15) is 0 Å². The average Bonchev–Trinajstić information content (AvgIpc) is 3.09. The molecule has 7 heteroatoms. The van der Waals surface area contributed by atoms with Crippen LogP contribution >= 0.6 is 11.8 Å². The van der Waals surface area contributed by atoms with E-state index in [0.29, 0.717) is 16.5 Å². The third-order valence-corrected chi connectivity index (χ3v) is 4.85. The van der Waals surface area contributed by atoms with Crippen LogP contribution in [0.5, 0.6) is 0 Å². The highest BCUT2D eigenvalue weighted by molar-refractivity contribution is 7.99. The monoisotopic (exact) mass is 344 g/mol. The largest absolute Gasteiger partial charge is 0.318 e. The van der Waals surface area contributed by atoms with Crippen molar-refractivity contribution in [3.05, 3.63) is 59.4 Å². The molecule has 0 saturated carbocycles. The minimum atomic E-state index is -0.280. The number of Topliss-reactive ketones (excluding diaryl/α,β-unsaturated/α-hetero) is 1. The summed E-state index contributed by atoms with van der Waals surface area (Å²) in [5.74, 6) is 0.0438. The molecule has 0 fully saturated rings. The third-order valence-electron chi connectivity index (χ3n) is 3.82. The number of carbonyl (C=O) groups is 1. The van der Waals surface area contributed by atoms with Crippen molar-refractivity contribution < 1.29 is 9.18 Å². The number of rotatable bonds is 5. The van der Waals surface area contributed by atoms with Crippen LogP contribution in [0.3, 0.4) is 0 Å². The van der Waals surface area contributed by atoms with Crippen molar-refractivity contribution in [2.24, 2.45) is 7.05 Å². The first-order valence-corrected chi connectivity index (χ1v) is 8.41. The van der Waals surface area contributed by atoms with Crippen molar-refractivity contribution in [3.63, 3.8) is 0 Å². The normalized spacial score (nSPS) is 11.0. The fraction of sp³-hybridized carbons (Fsp3) is 0.235. The first-order chi connectivity index (χ1) is 11.5. The number of halogens is 1. The van der Waals surface area contributed by atoms with Crippen LogP contribution in [0.2, 0.25) is 0 Å². The average molecular weight is 344 g/mol. The number of hydrogen-bond donors (Lipinski definition) is 0. The van der Waals surface area contributed by atoms with Crippen LogP contribution in [-0.4, -0.2) is 30.9 Å². The van der Waals surface area contributed by atoms with Gasteiger partial charge in [-0.1, -0.05) is 11.8 Å². The zero-order chi connectivity index (χ0) is 17.3. The van der Waals surface area contributed by atoms with E-state index in [1.54, 1.807) is 23.0 Å². The molecule has 0 aliphatic carbocycles. The Balaban J connectivity index is 1.84. The molecule has 3 aromatic rings. The molecule has 0 spiro atoms. The van der Waals surface area contributed by atoms with Crippen LogP contribution in [0.15, 0.2) is 41.8 Å². The molecule has 0 amide bonds. The fourth-order valence-corrected chi connectivity index (χ4v) is 3.42. The third kappa shape index (κ3) is 3.12. The molecule has 0 saturated heterocycles. The molecule has 0 radical (unpaired) electrons. The van der Waals surface area contributed by atoms with Crippen molar-refractivity contribution in [2.45, 2.75) is 19.0 Å². The molecule has 3 rings (SSSR count). The van der Waals surface area contributed by atoms with E-state index in [4.69, 9.17) is 0 Å². The van der Waals surface area contributed by atoms with Gasteiger partial charge in [-0.15, -0.1) is 10.2 Å². The van der Waals surface area contributed by atoms with Gasteiger partial charge in [0.15, 0.2) is 10.9 Å². The van der Waals surface area contributed by atoms with Gasteiger partial charge >= 0.3 is 0 Å². The lowest BCUT2D eigenvalue weighted by atomic mass is 10.2. The minimum Gasteiger partial charge on any atom is -0.318 e. The van der Waals surface area contributed by atoms with E-state index in [2.05, 4.69) is 10.2 Å². The fourth-order valence-electron chi connectivity index (χ4n) is 2.64. The topological polar surface area (TPSA) is 52.7 Å². The van der Waals surface area contributed by atoms with Crippen LogP contribution in [0.25, 0.3) is 5.69 Å². The van der Waals surface area contributed by atoms with E-state index < -0.39 is 0 Å². The number of thioether (sulfide) groups is 1. The Morgan fingerprint density at radius 2 is 1.96 bits per heavy atom. The van der Waals surface area contributed by atoms with Gasteiger partial charge in [0.25, 0.3) is 0 Å². The molecule has 2 aromatic heterocycles. The van der Waals surface area contributed by atoms with Crippen molar-refractivity contribution in [1.82, 2.24) is 19.3 Å². The highest BCUT2D eigenvalue weighted by Crippen LogP contribution is 2.23. The first kappa shape index (κ1) is 16.4. The van der Waals surface area contributed by atoms with Crippen LogP contribution in [-0.2, 0) is 7.05 Å². The number of carbonyl (C=O) groups excluding carboxylic acids is 1. The number of hydrogen-bond acceptors (Lipinski definition) is 4. The standard InChI is InChI=1S/C17H17FN4OS/c1-11-8-15(16(23)9-24-17-20-19-10-21(17)3)12(2)22(11)14-6-4-13(18)5-7-14/h4-8,10H,9H2,1-3H3. The van der Waals surface area contributed by atoms with Crippen molar-refractivity contribution >= 4 is 17.5 Å². The van der Waals surface area contributed by atoms with Crippen LogP contribution in [0, 0.1) is 19.7 Å². The summed E-state index contributed by atoms with van der Waals surface area (Å²) in [7, 11) is 1.84. The van der Waals surface area contributed by atoms with Crippen molar-refractivity contribution in [3.8, 4) is 5.69 Å². The van der Waals surface area contributed by atoms with Gasteiger partial charge in [-0.05, 0) is 44.2 Å². The SMILES string of the molecule is Cc1cc(C(=O)CSc2nncn2C)c(C)n1-c1ccc(F)cc1. The molecule has 0 bridgehead atoms. The minimum absolute atomic E-state index is 0.0319. The Bertz CT molecular complexity index is 883. The van der Waals surface area contributed by atoms with E-state index >= 15 is 0 Å². The molecular formula is C17H17FN4OS. The summed E-state index contributed by atoms with van der Waals surface area (Å²) in [4.78, 5) is 12.6. The molecule has 0 atom stereocenters. The second-order valence-electron chi connectivity index (χ2n) is 5.53. The van der Waals surface area contributed by atoms with E-state index in [9.17, 15) is 9.18 Å². The summed E-state index contributed by atoms with van der Waals surface area (Å²) < 4.78 is 16.9. The zero-order valence-electron chi connectivity index (χ0n) is 13.7. The number of ketones is 1. The Morgan fingerprint density at radius 1 is 1.25 bits per heavy atom. The molecule has 0 unspecified atom stereocenters. The molecule has 1 aromatic carbocycles. The van der Waals surface area contributed by atoms with Gasteiger partial charge in [0, 0.05) is 29.7 Å². The van der Waals surface area contributed by atoms with Gasteiger partial charge in [0.2, 0.25) is 0 Å². The van der Waals surface area contributed by atoms with Crippen molar-refractivity contribution in [1.29, 1.82) is 0 Å². The van der Waals surface area contributed by atoms with Crippen LogP contribution in [0.4, 0.5) is 4.39 Å². The Hall–Kier alpha value is -2.41. The maximum absolute atomic E-state index is 13.1. The van der Waals surface area contributed by atoms with Crippen LogP contribution in [0.1, 0.15) is 21.7 Å². The van der Waals surface area contributed by atoms with Gasteiger partial charge in [-0.25, -0.2) is 4.39 Å². The molecule has 5 nitrogen and oxygen atoms in total. The Kier molecular flexibility index (Phi) is 4.53. The van der Waals surface area contributed by atoms with Gasteiger partial charge in [-0.3, -0.25) is 4.79 Å². The predicted molar refractivity (Wildman–Crippen MR) is 91.3 cm³/mol. The summed E-state index contributed by atoms with van der Waals surface area (Å²) >= 11 is 1.36. The lowest BCUT2D eigenvalue weighted by Crippen LogP contribution is -2.06. The summed E-state index contributed by atoms with van der Waals surface area (Å²) in [6.07, 6.45) is 1.60. The number of aromatic nitrogens is 4. The lowest BCUT2D eigenvalue weighted by molar-refractivity contribution is 0.102. The Labute approximate surface area is 143 Å². The van der Waals surface area contributed by atoms with Gasteiger partial charge < -0.3 is 9.13 Å². The second kappa shape index (κ2) is 6.60. The molecule has 0 aliphatic heterocycles. The smallest absolute Gasteiger partial charge is 0.191 e. The Morgan fingerprint density at radius 3 is 2.58 bits per heavy atom. The zero-order valence-corrected chi connectivity index (χ0v) is 14.5. The molecular weight excluding hydrogens is 327 g/mol. The van der Waals surface area contributed by atoms with E-state index in [1.165, 1.54) is 23.9 Å². The van der Waals surface area contributed by atoms with E-state index in [-0.39, 0.29) is 11.6 Å². The molecule has 24 heavy (non-hydrogen) atoms. The lowest BCUT2D eigenvalue weighted by Gasteiger charge is -2.09. The van der Waals surface area contributed by atoms with E-state index in [1.807, 2.05) is 31.5 Å². The molecule has 124 valence electrons. The van der Waals surface area contributed by atoms with Crippen LogP contribution < -0.4 is 0 Å². The summed E-state index contributed by atoms with van der Waals surface area (Å²) in [5, 5.41) is 8.47. The quantitative estimate of drug-likeness (QED) is 0.526. The highest BCUT2D eigenvalue weighted by atomic mass is 32.2.